The molecule has 0 spiro atoms. The van der Waals surface area contributed by atoms with Crippen LogP contribution in [-0.2, 0) is 4.79 Å². The van der Waals surface area contributed by atoms with E-state index in [0.717, 1.165) is 32.1 Å². The highest BCUT2D eigenvalue weighted by atomic mass is 16.3. The maximum Gasteiger partial charge on any atom is 0.226 e. The van der Waals surface area contributed by atoms with Gasteiger partial charge in [0.05, 0.1) is 12.1 Å². The van der Waals surface area contributed by atoms with Crippen molar-refractivity contribution in [1.29, 1.82) is 0 Å². The first kappa shape index (κ1) is 13.5. The van der Waals surface area contributed by atoms with Crippen LogP contribution in [0.25, 0.3) is 0 Å². The lowest BCUT2D eigenvalue weighted by Gasteiger charge is -2.39. The van der Waals surface area contributed by atoms with Gasteiger partial charge in [-0.15, -0.1) is 0 Å². The second-order valence-corrected chi connectivity index (χ2v) is 5.69. The van der Waals surface area contributed by atoms with Crippen LogP contribution in [-0.4, -0.2) is 23.2 Å². The molecule has 0 atom stereocenters. The van der Waals surface area contributed by atoms with E-state index in [0.29, 0.717) is 0 Å². The molecule has 0 unspecified atom stereocenters. The predicted molar refractivity (Wildman–Crippen MR) is 65.1 cm³/mol. The van der Waals surface area contributed by atoms with Gasteiger partial charge in [0.15, 0.2) is 0 Å². The van der Waals surface area contributed by atoms with Gasteiger partial charge in [-0.1, -0.05) is 40.0 Å². The first-order valence-electron chi connectivity index (χ1n) is 6.39. The van der Waals surface area contributed by atoms with Crippen LogP contribution in [0.3, 0.4) is 0 Å². The number of hydrogen-bond acceptors (Lipinski definition) is 2. The Kier molecular flexibility index (Phi) is 4.36. The number of aliphatic hydroxyl groups excluding tert-OH is 1. The summed E-state index contributed by atoms with van der Waals surface area (Å²) in [6.07, 6.45) is 6.07. The lowest BCUT2D eigenvalue weighted by Crippen LogP contribution is -2.55. The Morgan fingerprint density at radius 3 is 2.31 bits per heavy atom. The zero-order valence-corrected chi connectivity index (χ0v) is 10.8. The molecule has 0 bridgehead atoms. The normalized spacial score (nSPS) is 20.5. The van der Waals surface area contributed by atoms with Crippen LogP contribution in [0.5, 0.6) is 0 Å². The summed E-state index contributed by atoms with van der Waals surface area (Å²) in [6.45, 7) is 6.00. The van der Waals surface area contributed by atoms with Crippen molar-refractivity contribution < 1.29 is 9.90 Å². The number of amides is 1. The molecular formula is C13H25NO2. The largest absolute Gasteiger partial charge is 0.394 e. The zero-order valence-electron chi connectivity index (χ0n) is 10.8. The quantitative estimate of drug-likeness (QED) is 0.774. The van der Waals surface area contributed by atoms with Crippen molar-refractivity contribution in [3.8, 4) is 0 Å². The maximum absolute atomic E-state index is 12.1. The molecule has 0 heterocycles. The molecule has 0 aromatic heterocycles. The number of nitrogens with one attached hydrogen (secondary N) is 1. The highest BCUT2D eigenvalue weighted by Crippen LogP contribution is 2.30. The molecule has 1 amide bonds. The third kappa shape index (κ3) is 2.97. The molecule has 1 fully saturated rings. The van der Waals surface area contributed by atoms with E-state index in [1.165, 1.54) is 6.42 Å². The van der Waals surface area contributed by atoms with Crippen LogP contribution in [0.4, 0.5) is 0 Å². The molecule has 2 N–H and O–H groups in total. The Bertz CT molecular complexity index is 242. The summed E-state index contributed by atoms with van der Waals surface area (Å²) >= 11 is 0. The van der Waals surface area contributed by atoms with Gasteiger partial charge in [-0.05, 0) is 19.3 Å². The Labute approximate surface area is 98.6 Å². The van der Waals surface area contributed by atoms with Gasteiger partial charge in [0, 0.05) is 5.41 Å². The second kappa shape index (κ2) is 5.17. The Balaban J connectivity index is 2.66. The van der Waals surface area contributed by atoms with E-state index in [1.54, 1.807) is 0 Å². The fraction of sp³-hybridized carbons (Fsp3) is 0.923. The predicted octanol–water partition coefficient (Wildman–Crippen LogP) is 2.23. The van der Waals surface area contributed by atoms with Crippen molar-refractivity contribution in [1.82, 2.24) is 5.32 Å². The number of aliphatic hydroxyl groups is 1. The Hall–Kier alpha value is -0.570. The molecule has 0 radical (unpaired) electrons. The summed E-state index contributed by atoms with van der Waals surface area (Å²) in [5.41, 5.74) is -0.679. The molecule has 0 aromatic rings. The molecule has 1 aliphatic carbocycles. The van der Waals surface area contributed by atoms with E-state index < -0.39 is 0 Å². The monoisotopic (exact) mass is 227 g/mol. The molecule has 0 aliphatic heterocycles. The summed E-state index contributed by atoms with van der Waals surface area (Å²) in [4.78, 5) is 12.1. The first-order chi connectivity index (χ1) is 7.46. The van der Waals surface area contributed by atoms with E-state index >= 15 is 0 Å². The minimum Gasteiger partial charge on any atom is -0.394 e. The average molecular weight is 227 g/mol. The minimum absolute atomic E-state index is 0.0680. The highest BCUT2D eigenvalue weighted by Gasteiger charge is 2.36. The number of hydrogen-bond donors (Lipinski definition) is 2. The van der Waals surface area contributed by atoms with Gasteiger partial charge in [0.2, 0.25) is 5.91 Å². The molecule has 94 valence electrons. The lowest BCUT2D eigenvalue weighted by molar-refractivity contribution is -0.132. The van der Waals surface area contributed by atoms with Crippen LogP contribution in [0.1, 0.15) is 59.3 Å². The van der Waals surface area contributed by atoms with Gasteiger partial charge in [0.1, 0.15) is 0 Å². The topological polar surface area (TPSA) is 49.3 Å². The molecule has 1 aliphatic rings. The third-order valence-electron chi connectivity index (χ3n) is 3.99. The van der Waals surface area contributed by atoms with E-state index in [9.17, 15) is 9.90 Å². The summed E-state index contributed by atoms with van der Waals surface area (Å²) in [5.74, 6) is 0.0750. The molecule has 1 saturated carbocycles. The van der Waals surface area contributed by atoms with Gasteiger partial charge < -0.3 is 10.4 Å². The van der Waals surface area contributed by atoms with Gasteiger partial charge in [0.25, 0.3) is 0 Å². The lowest BCUT2D eigenvalue weighted by atomic mass is 9.80. The number of carbonyl (C=O) groups is 1. The van der Waals surface area contributed by atoms with Crippen molar-refractivity contribution in [2.45, 2.75) is 64.8 Å². The third-order valence-corrected chi connectivity index (χ3v) is 3.99. The van der Waals surface area contributed by atoms with Crippen LogP contribution in [0.15, 0.2) is 0 Å². The highest BCUT2D eigenvalue weighted by molar-refractivity contribution is 5.82. The summed E-state index contributed by atoms with van der Waals surface area (Å²) in [5, 5.41) is 12.6. The van der Waals surface area contributed by atoms with Crippen LogP contribution < -0.4 is 5.32 Å². The number of carbonyl (C=O) groups excluding carboxylic acids is 1. The van der Waals surface area contributed by atoms with E-state index in [1.807, 2.05) is 20.8 Å². The smallest absolute Gasteiger partial charge is 0.226 e. The van der Waals surface area contributed by atoms with Gasteiger partial charge >= 0.3 is 0 Å². The SMILES string of the molecule is CCC(C)(C)C(=O)NC1(CO)CCCCC1. The van der Waals surface area contributed by atoms with Crippen molar-refractivity contribution in [3.05, 3.63) is 0 Å². The molecule has 3 nitrogen and oxygen atoms in total. The van der Waals surface area contributed by atoms with Crippen LogP contribution >= 0.6 is 0 Å². The zero-order chi connectivity index (χ0) is 12.2. The van der Waals surface area contributed by atoms with Crippen molar-refractivity contribution >= 4 is 5.91 Å². The van der Waals surface area contributed by atoms with E-state index in [-0.39, 0.29) is 23.5 Å². The fourth-order valence-electron chi connectivity index (χ4n) is 2.12. The van der Waals surface area contributed by atoms with E-state index in [2.05, 4.69) is 5.32 Å². The maximum atomic E-state index is 12.1. The van der Waals surface area contributed by atoms with Crippen molar-refractivity contribution in [2.75, 3.05) is 6.61 Å². The second-order valence-electron chi connectivity index (χ2n) is 5.69. The minimum atomic E-state index is -0.345. The fourth-order valence-corrected chi connectivity index (χ4v) is 2.12. The van der Waals surface area contributed by atoms with Crippen molar-refractivity contribution in [2.24, 2.45) is 5.41 Å². The standard InChI is InChI=1S/C13H25NO2/c1-4-12(2,3)11(16)14-13(10-15)8-6-5-7-9-13/h15H,4-10H2,1-3H3,(H,14,16). The summed E-state index contributed by atoms with van der Waals surface area (Å²) in [7, 11) is 0. The molecule has 0 saturated heterocycles. The van der Waals surface area contributed by atoms with Crippen molar-refractivity contribution in [3.63, 3.8) is 0 Å². The van der Waals surface area contributed by atoms with Gasteiger partial charge in [-0.2, -0.15) is 0 Å². The molecule has 16 heavy (non-hydrogen) atoms. The summed E-state index contributed by atoms with van der Waals surface area (Å²) < 4.78 is 0. The van der Waals surface area contributed by atoms with Crippen LogP contribution in [0.2, 0.25) is 0 Å². The number of rotatable bonds is 4. The Morgan fingerprint density at radius 1 is 1.31 bits per heavy atom. The van der Waals surface area contributed by atoms with Crippen LogP contribution in [0, 0.1) is 5.41 Å². The average Bonchev–Trinajstić information content (AvgIpc) is 2.30. The van der Waals surface area contributed by atoms with Gasteiger partial charge in [-0.25, -0.2) is 0 Å². The first-order valence-corrected chi connectivity index (χ1v) is 6.39. The Morgan fingerprint density at radius 2 is 1.88 bits per heavy atom. The molecule has 3 heteroatoms. The molecule has 0 aromatic carbocycles. The molecular weight excluding hydrogens is 202 g/mol. The summed E-state index contributed by atoms with van der Waals surface area (Å²) in [6, 6.07) is 0. The van der Waals surface area contributed by atoms with Gasteiger partial charge in [-0.3, -0.25) is 4.79 Å². The molecule has 1 rings (SSSR count). The van der Waals surface area contributed by atoms with E-state index in [4.69, 9.17) is 0 Å².